The molecular formula is C20H25N3OS. The zero-order chi connectivity index (χ0) is 17.6. The third-order valence-electron chi connectivity index (χ3n) is 4.22. The van der Waals surface area contributed by atoms with Crippen LogP contribution in [0.1, 0.15) is 24.5 Å². The topological polar surface area (TPSA) is 38.2 Å². The normalized spacial score (nSPS) is 11.5. The lowest BCUT2D eigenvalue weighted by molar-refractivity contribution is 0.158. The average Bonchev–Trinajstić information content (AvgIpc) is 3.06. The number of fused-ring (bicyclic) bond motifs is 1. The summed E-state index contributed by atoms with van der Waals surface area (Å²) in [5.41, 5.74) is 4.71. The van der Waals surface area contributed by atoms with E-state index in [1.54, 1.807) is 18.4 Å². The molecule has 0 saturated carbocycles. The molecule has 3 aromatic rings. The van der Waals surface area contributed by atoms with Crippen molar-refractivity contribution in [3.8, 4) is 10.6 Å². The molecule has 0 radical (unpaired) electrons. The van der Waals surface area contributed by atoms with Gasteiger partial charge in [-0.3, -0.25) is 14.9 Å². The Bertz CT molecular complexity index is 813. The van der Waals surface area contributed by atoms with Gasteiger partial charge in [-0.2, -0.15) is 0 Å². The summed E-state index contributed by atoms with van der Waals surface area (Å²) in [5.74, 6) is 0. The first-order valence-electron chi connectivity index (χ1n) is 8.71. The van der Waals surface area contributed by atoms with E-state index < -0.39 is 0 Å². The molecule has 3 aromatic heterocycles. The van der Waals surface area contributed by atoms with Gasteiger partial charge in [-0.1, -0.05) is 19.4 Å². The summed E-state index contributed by atoms with van der Waals surface area (Å²) < 4.78 is 6.42. The molecule has 25 heavy (non-hydrogen) atoms. The van der Waals surface area contributed by atoms with Gasteiger partial charge in [0.15, 0.2) is 0 Å². The van der Waals surface area contributed by atoms with E-state index in [1.807, 2.05) is 12.4 Å². The number of ether oxygens (including phenoxy) is 1. The average molecular weight is 356 g/mol. The van der Waals surface area contributed by atoms with Gasteiger partial charge in [0.2, 0.25) is 0 Å². The van der Waals surface area contributed by atoms with Gasteiger partial charge in [0.1, 0.15) is 0 Å². The zero-order valence-corrected chi connectivity index (χ0v) is 16.0. The van der Waals surface area contributed by atoms with E-state index in [4.69, 9.17) is 4.74 Å². The van der Waals surface area contributed by atoms with Gasteiger partial charge in [0.05, 0.1) is 27.4 Å². The highest BCUT2D eigenvalue weighted by molar-refractivity contribution is 7.22. The highest BCUT2D eigenvalue weighted by Crippen LogP contribution is 2.33. The van der Waals surface area contributed by atoms with E-state index in [0.29, 0.717) is 0 Å². The number of hydrogen-bond acceptors (Lipinski definition) is 5. The van der Waals surface area contributed by atoms with Crippen LogP contribution in [0.25, 0.3) is 20.8 Å². The molecule has 0 atom stereocenters. The van der Waals surface area contributed by atoms with Crippen molar-refractivity contribution < 1.29 is 4.74 Å². The minimum Gasteiger partial charge on any atom is -0.383 e. The standard InChI is InChI=1S/C20H25N3OS/c1-4-5-16-8-9-21-18-12-19(25-20(16)18)17-7-6-15(13-22-17)14-23(2)10-11-24-3/h6-9,12-13H,4-5,10-11,14H2,1-3H3. The first-order valence-corrected chi connectivity index (χ1v) is 9.53. The number of pyridine rings is 2. The number of hydrogen-bond donors (Lipinski definition) is 0. The molecule has 132 valence electrons. The molecule has 0 N–H and O–H groups in total. The molecule has 0 fully saturated rings. The Morgan fingerprint density at radius 1 is 1.20 bits per heavy atom. The highest BCUT2D eigenvalue weighted by Gasteiger charge is 2.10. The molecule has 0 aromatic carbocycles. The summed E-state index contributed by atoms with van der Waals surface area (Å²) >= 11 is 1.80. The van der Waals surface area contributed by atoms with Crippen molar-refractivity contribution in [2.75, 3.05) is 27.3 Å². The second kappa shape index (κ2) is 8.52. The summed E-state index contributed by atoms with van der Waals surface area (Å²) in [5, 5.41) is 0. The molecule has 0 saturated heterocycles. The zero-order valence-electron chi connectivity index (χ0n) is 15.2. The molecule has 0 aliphatic heterocycles. The van der Waals surface area contributed by atoms with Crippen LogP contribution in [0.4, 0.5) is 0 Å². The highest BCUT2D eigenvalue weighted by atomic mass is 32.1. The van der Waals surface area contributed by atoms with Gasteiger partial charge < -0.3 is 4.74 Å². The number of methoxy groups -OCH3 is 1. The van der Waals surface area contributed by atoms with E-state index in [9.17, 15) is 0 Å². The third-order valence-corrected chi connectivity index (χ3v) is 5.44. The monoisotopic (exact) mass is 355 g/mol. The van der Waals surface area contributed by atoms with Crippen LogP contribution in [-0.4, -0.2) is 42.2 Å². The van der Waals surface area contributed by atoms with Gasteiger partial charge in [0.25, 0.3) is 0 Å². The Balaban J connectivity index is 1.78. The number of rotatable bonds is 8. The van der Waals surface area contributed by atoms with Gasteiger partial charge in [-0.15, -0.1) is 11.3 Å². The molecule has 0 aliphatic rings. The first kappa shape index (κ1) is 18.0. The maximum absolute atomic E-state index is 5.12. The van der Waals surface area contributed by atoms with Crippen molar-refractivity contribution in [3.05, 3.63) is 47.8 Å². The van der Waals surface area contributed by atoms with E-state index >= 15 is 0 Å². The van der Waals surface area contributed by atoms with E-state index in [-0.39, 0.29) is 0 Å². The van der Waals surface area contributed by atoms with Gasteiger partial charge >= 0.3 is 0 Å². The smallest absolute Gasteiger partial charge is 0.0819 e. The second-order valence-electron chi connectivity index (χ2n) is 6.33. The molecule has 3 heterocycles. The minimum atomic E-state index is 0.747. The van der Waals surface area contributed by atoms with Crippen molar-refractivity contribution in [2.24, 2.45) is 0 Å². The first-order chi connectivity index (χ1) is 12.2. The summed E-state index contributed by atoms with van der Waals surface area (Å²) in [6, 6.07) is 8.57. The molecule has 0 bridgehead atoms. The lowest BCUT2D eigenvalue weighted by atomic mass is 10.1. The van der Waals surface area contributed by atoms with Crippen LogP contribution in [0.2, 0.25) is 0 Å². The predicted octanol–water partition coefficient (Wildman–Crippen LogP) is 4.39. The number of nitrogens with zero attached hydrogens (tertiary/aromatic N) is 3. The van der Waals surface area contributed by atoms with Crippen LogP contribution >= 0.6 is 11.3 Å². The molecule has 0 spiro atoms. The largest absolute Gasteiger partial charge is 0.383 e. The van der Waals surface area contributed by atoms with E-state index in [0.717, 1.165) is 43.7 Å². The fraction of sp³-hybridized carbons (Fsp3) is 0.400. The Kier molecular flexibility index (Phi) is 6.13. The van der Waals surface area contributed by atoms with Crippen LogP contribution < -0.4 is 0 Å². The Morgan fingerprint density at radius 3 is 2.80 bits per heavy atom. The molecule has 0 aliphatic carbocycles. The molecular weight excluding hydrogens is 330 g/mol. The lowest BCUT2D eigenvalue weighted by Gasteiger charge is -2.15. The SMILES string of the molecule is CCCc1ccnc2cc(-c3ccc(CN(C)CCOC)cn3)sc12. The quantitative estimate of drug-likeness (QED) is 0.601. The Labute approximate surface area is 153 Å². The van der Waals surface area contributed by atoms with Crippen LogP contribution in [0.3, 0.4) is 0 Å². The Hall–Kier alpha value is -1.82. The van der Waals surface area contributed by atoms with Gasteiger partial charge in [-0.25, -0.2) is 0 Å². The van der Waals surface area contributed by atoms with Crippen molar-refractivity contribution in [2.45, 2.75) is 26.3 Å². The van der Waals surface area contributed by atoms with Crippen molar-refractivity contribution in [1.82, 2.24) is 14.9 Å². The second-order valence-corrected chi connectivity index (χ2v) is 7.38. The number of aryl methyl sites for hydroxylation is 1. The minimum absolute atomic E-state index is 0.747. The van der Waals surface area contributed by atoms with Gasteiger partial charge in [0, 0.05) is 32.6 Å². The lowest BCUT2D eigenvalue weighted by Crippen LogP contribution is -2.22. The van der Waals surface area contributed by atoms with Crippen molar-refractivity contribution in [1.29, 1.82) is 0 Å². The Morgan fingerprint density at radius 2 is 2.08 bits per heavy atom. The van der Waals surface area contributed by atoms with Gasteiger partial charge in [-0.05, 0) is 42.8 Å². The fourth-order valence-corrected chi connectivity index (χ4v) is 4.02. The summed E-state index contributed by atoms with van der Waals surface area (Å²) in [7, 11) is 3.83. The molecule has 5 heteroatoms. The van der Waals surface area contributed by atoms with Crippen LogP contribution in [0, 0.1) is 0 Å². The molecule has 3 rings (SSSR count). The maximum Gasteiger partial charge on any atom is 0.0819 e. The van der Waals surface area contributed by atoms with Crippen LogP contribution in [-0.2, 0) is 17.7 Å². The van der Waals surface area contributed by atoms with Crippen molar-refractivity contribution >= 4 is 21.6 Å². The fourth-order valence-electron chi connectivity index (χ4n) is 2.88. The number of thiophene rings is 1. The summed E-state index contributed by atoms with van der Waals surface area (Å²) in [6.45, 7) is 4.76. The van der Waals surface area contributed by atoms with Crippen LogP contribution in [0.5, 0.6) is 0 Å². The summed E-state index contributed by atoms with van der Waals surface area (Å²) in [6.07, 6.45) is 6.13. The van der Waals surface area contributed by atoms with E-state index in [2.05, 4.69) is 53.1 Å². The van der Waals surface area contributed by atoms with Crippen molar-refractivity contribution in [3.63, 3.8) is 0 Å². The molecule has 0 amide bonds. The molecule has 4 nitrogen and oxygen atoms in total. The predicted molar refractivity (Wildman–Crippen MR) is 105 cm³/mol. The number of aromatic nitrogens is 2. The summed E-state index contributed by atoms with van der Waals surface area (Å²) in [4.78, 5) is 12.6. The molecule has 0 unspecified atom stereocenters. The number of likely N-dealkylation sites (N-methyl/N-ethyl adjacent to an activating group) is 1. The van der Waals surface area contributed by atoms with E-state index in [1.165, 1.54) is 20.7 Å². The third kappa shape index (κ3) is 4.42. The van der Waals surface area contributed by atoms with Crippen LogP contribution in [0.15, 0.2) is 36.7 Å². The maximum atomic E-state index is 5.12.